The van der Waals surface area contributed by atoms with E-state index >= 15 is 0 Å². The third-order valence-electron chi connectivity index (χ3n) is 2.28. The Bertz CT molecular complexity index is 522. The molecule has 0 spiro atoms. The molecule has 0 heterocycles. The number of hydrogen-bond acceptors (Lipinski definition) is 1. The molecule has 82 valence electrons. The molecule has 0 aromatic heterocycles. The minimum absolute atomic E-state index is 0.481. The molecule has 2 aromatic carbocycles. The summed E-state index contributed by atoms with van der Waals surface area (Å²) in [6.07, 6.45) is 0. The van der Waals surface area contributed by atoms with Crippen molar-refractivity contribution in [2.24, 2.45) is 0 Å². The molecule has 2 aromatic rings. The normalized spacial score (nSPS) is 14.4. The van der Waals surface area contributed by atoms with Crippen molar-refractivity contribution in [3.8, 4) is 0 Å². The van der Waals surface area contributed by atoms with Crippen LogP contribution in [-0.2, 0) is 3.02 Å². The second-order valence-corrected chi connectivity index (χ2v) is 10.1. The van der Waals surface area contributed by atoms with Crippen molar-refractivity contribution in [3.63, 3.8) is 0 Å². The zero-order chi connectivity index (χ0) is 11.6. The molecule has 16 heavy (non-hydrogen) atoms. The van der Waals surface area contributed by atoms with Crippen molar-refractivity contribution in [3.05, 3.63) is 59.6 Å². The van der Waals surface area contributed by atoms with E-state index < -0.39 is 19.2 Å². The number of halogens is 1. The molecule has 2 rings (SSSR count). The average Bonchev–Trinajstić information content (AvgIpc) is 2.31. The Labute approximate surface area is 103 Å². The van der Waals surface area contributed by atoms with Crippen LogP contribution >= 0.6 is 11.6 Å². The summed E-state index contributed by atoms with van der Waals surface area (Å²) in [6, 6.07) is 15.2. The van der Waals surface area contributed by atoms with E-state index in [2.05, 4.69) is 0 Å². The van der Waals surface area contributed by atoms with Crippen LogP contribution in [0.3, 0.4) is 0 Å². The van der Waals surface area contributed by atoms with E-state index in [1.807, 2.05) is 6.07 Å². The first-order chi connectivity index (χ1) is 7.60. The van der Waals surface area contributed by atoms with Crippen LogP contribution in [0, 0.1) is 0 Å². The van der Waals surface area contributed by atoms with Crippen LogP contribution < -0.4 is 7.02 Å². The van der Waals surface area contributed by atoms with Crippen LogP contribution in [0.25, 0.3) is 0 Å². The molecular weight excluding hydrogens is 333 g/mol. The molecule has 1 unspecified atom stereocenters. The van der Waals surface area contributed by atoms with Crippen molar-refractivity contribution in [1.29, 1.82) is 0 Å². The van der Waals surface area contributed by atoms with Gasteiger partial charge in [0.2, 0.25) is 0 Å². The van der Waals surface area contributed by atoms with Crippen molar-refractivity contribution >= 4 is 37.8 Å². The van der Waals surface area contributed by atoms with Gasteiger partial charge in [0.15, 0.2) is 0 Å². The molecule has 0 saturated carbocycles. The van der Waals surface area contributed by atoms with Crippen LogP contribution in [0.4, 0.5) is 0 Å². The Morgan fingerprint density at radius 3 is 1.94 bits per heavy atom. The van der Waals surface area contributed by atoms with Crippen LogP contribution in [0.15, 0.2) is 54.6 Å². The maximum absolute atomic E-state index is 12.3. The summed E-state index contributed by atoms with van der Waals surface area (Å²) in [7, 11) is 0. The fraction of sp³-hybridized carbons (Fsp3) is 0. The van der Waals surface area contributed by atoms with E-state index in [4.69, 9.17) is 11.6 Å². The summed E-state index contributed by atoms with van der Waals surface area (Å²) in [5.74, 6) is 0. The van der Waals surface area contributed by atoms with Crippen molar-refractivity contribution < 1.29 is 6.40 Å². The van der Waals surface area contributed by atoms with Crippen molar-refractivity contribution in [2.45, 2.75) is 0 Å². The second-order valence-electron chi connectivity index (χ2n) is 3.39. The van der Waals surface area contributed by atoms with Gasteiger partial charge in [-0.15, -0.1) is 0 Å². The topological polar surface area (TPSA) is 37.3 Å². The Balaban J connectivity index is 2.47. The molecule has 0 amide bonds. The van der Waals surface area contributed by atoms with Gasteiger partial charge in [-0.3, -0.25) is 0 Å². The van der Waals surface area contributed by atoms with E-state index in [1.54, 1.807) is 48.5 Å². The summed E-state index contributed by atoms with van der Waals surface area (Å²) < 4.78 is 23.5. The van der Waals surface area contributed by atoms with Crippen molar-refractivity contribution in [2.75, 3.05) is 0 Å². The van der Waals surface area contributed by atoms with Gasteiger partial charge in [0.25, 0.3) is 0 Å². The maximum atomic E-state index is 12.3. The molecule has 0 aliphatic carbocycles. The molecule has 1 N–H and O–H groups in total. The summed E-state index contributed by atoms with van der Waals surface area (Å²) in [5.41, 5.74) is 0. The number of hydrogen-bond donors (Lipinski definition) is 1. The van der Waals surface area contributed by atoms with E-state index in [1.165, 1.54) is 0 Å². The first kappa shape index (κ1) is 11.8. The van der Waals surface area contributed by atoms with Gasteiger partial charge < -0.3 is 0 Å². The first-order valence-electron chi connectivity index (χ1n) is 4.75. The van der Waals surface area contributed by atoms with Gasteiger partial charge >= 0.3 is 104 Å². The Kier molecular flexibility index (Phi) is 3.44. The second kappa shape index (κ2) is 4.66. The molecule has 0 fully saturated rings. The van der Waals surface area contributed by atoms with Crippen molar-refractivity contribution in [1.82, 2.24) is 0 Å². The molecule has 4 heteroatoms. The molecule has 0 radical (unpaired) electrons. The van der Waals surface area contributed by atoms with E-state index in [-0.39, 0.29) is 0 Å². The van der Waals surface area contributed by atoms with Crippen LogP contribution in [-0.4, -0.2) is 22.6 Å². The predicted octanol–water partition coefficient (Wildman–Crippen LogP) is 1.32. The van der Waals surface area contributed by atoms with Crippen LogP contribution in [0.5, 0.6) is 0 Å². The standard InChI is InChI=1S/C6H4Cl.C6H5.H2O.O.Sb/c7-6-4-2-1-3-5-6;1-2-4-6-5-3-1;;;/h2-5H;1-5H;1H2;;/q;;;;+1/p-1. The van der Waals surface area contributed by atoms with E-state index in [9.17, 15) is 6.40 Å². The number of benzene rings is 2. The van der Waals surface area contributed by atoms with E-state index in [0.29, 0.717) is 12.0 Å². The van der Waals surface area contributed by atoms with Gasteiger partial charge in [0, 0.05) is 0 Å². The van der Waals surface area contributed by atoms with Gasteiger partial charge in [-0.2, -0.15) is 0 Å². The zero-order valence-corrected chi connectivity index (χ0v) is 11.7. The Morgan fingerprint density at radius 1 is 0.875 bits per heavy atom. The van der Waals surface area contributed by atoms with Crippen LogP contribution in [0.1, 0.15) is 0 Å². The first-order valence-corrected chi connectivity index (χ1v) is 9.87. The molecule has 0 aliphatic rings. The van der Waals surface area contributed by atoms with Gasteiger partial charge in [0.1, 0.15) is 0 Å². The van der Waals surface area contributed by atoms with Gasteiger partial charge in [-0.1, -0.05) is 0 Å². The fourth-order valence-corrected chi connectivity index (χ4v) is 5.62. The minimum atomic E-state index is -4.47. The van der Waals surface area contributed by atoms with Gasteiger partial charge in [0.05, 0.1) is 0 Å². The quantitative estimate of drug-likeness (QED) is 0.835. The third kappa shape index (κ3) is 2.35. The fourth-order valence-electron chi connectivity index (χ4n) is 1.42. The van der Waals surface area contributed by atoms with E-state index in [0.717, 1.165) is 0 Å². The monoisotopic (exact) mass is 342 g/mol. The Hall–Kier alpha value is -0.692. The molecular formula is C12H10ClO2Sb. The van der Waals surface area contributed by atoms with Crippen LogP contribution in [0.2, 0.25) is 5.02 Å². The third-order valence-corrected chi connectivity index (χ3v) is 8.23. The number of rotatable bonds is 2. The molecule has 0 bridgehead atoms. The average molecular weight is 343 g/mol. The van der Waals surface area contributed by atoms with Gasteiger partial charge in [-0.05, 0) is 0 Å². The molecule has 2 nitrogen and oxygen atoms in total. The predicted molar refractivity (Wildman–Crippen MR) is 65.8 cm³/mol. The molecule has 1 atom stereocenters. The Morgan fingerprint density at radius 2 is 1.38 bits per heavy atom. The zero-order valence-electron chi connectivity index (χ0n) is 8.38. The summed E-state index contributed by atoms with van der Waals surface area (Å²) >= 11 is 1.27. The summed E-state index contributed by atoms with van der Waals surface area (Å²) in [5, 5.41) is 0.567. The molecule has 0 aliphatic heterocycles. The molecule has 0 saturated heterocycles. The van der Waals surface area contributed by atoms with Gasteiger partial charge in [-0.25, -0.2) is 0 Å². The summed E-state index contributed by atoms with van der Waals surface area (Å²) in [6.45, 7) is 0. The SMILES string of the molecule is [O]=[Sb]([OH])([c]1ccccc1)[c]1ccc(Cl)cc1. The summed E-state index contributed by atoms with van der Waals surface area (Å²) in [4.78, 5) is 0.